The highest BCUT2D eigenvalue weighted by molar-refractivity contribution is 5.65. The van der Waals surface area contributed by atoms with Crippen LogP contribution in [0.15, 0.2) is 60.8 Å². The van der Waals surface area contributed by atoms with Crippen molar-refractivity contribution in [3.8, 4) is 0 Å². The van der Waals surface area contributed by atoms with Crippen LogP contribution in [-0.4, -0.2) is 36.0 Å². The molecule has 3 rings (SSSR count). The van der Waals surface area contributed by atoms with E-state index < -0.39 is 0 Å². The second-order valence-electron chi connectivity index (χ2n) is 5.49. The summed E-state index contributed by atoms with van der Waals surface area (Å²) in [6.07, 6.45) is 13.6. The Hall–Kier alpha value is -1.96. The minimum atomic E-state index is 0.343. The third-order valence-corrected chi connectivity index (χ3v) is 4.06. The highest BCUT2D eigenvalue weighted by Crippen LogP contribution is 2.25. The van der Waals surface area contributed by atoms with Gasteiger partial charge in [0.15, 0.2) is 0 Å². The second-order valence-corrected chi connectivity index (χ2v) is 5.49. The topological polar surface area (TPSA) is 6.48 Å². The fourth-order valence-corrected chi connectivity index (χ4v) is 2.88. The van der Waals surface area contributed by atoms with Crippen LogP contribution in [0.25, 0.3) is 5.70 Å². The SMILES string of the molecule is CN1C=CC=CC1C=C(c1ccccc1)N1CCCC1. The maximum atomic E-state index is 2.52. The van der Waals surface area contributed by atoms with E-state index in [1.54, 1.807) is 0 Å². The summed E-state index contributed by atoms with van der Waals surface area (Å²) < 4.78 is 0. The maximum absolute atomic E-state index is 2.52. The molecule has 104 valence electrons. The first kappa shape index (κ1) is 13.0. The van der Waals surface area contributed by atoms with Crippen LogP contribution < -0.4 is 0 Å². The van der Waals surface area contributed by atoms with E-state index in [2.05, 4.69) is 77.7 Å². The number of hydrogen-bond donors (Lipinski definition) is 0. The summed E-state index contributed by atoms with van der Waals surface area (Å²) in [5, 5.41) is 0. The van der Waals surface area contributed by atoms with Crippen LogP contribution in [-0.2, 0) is 0 Å². The Balaban J connectivity index is 1.92. The van der Waals surface area contributed by atoms with Crippen molar-refractivity contribution in [2.45, 2.75) is 18.9 Å². The van der Waals surface area contributed by atoms with Crippen LogP contribution >= 0.6 is 0 Å². The van der Waals surface area contributed by atoms with Crippen molar-refractivity contribution in [3.63, 3.8) is 0 Å². The van der Waals surface area contributed by atoms with Crippen molar-refractivity contribution >= 4 is 5.70 Å². The number of nitrogens with zero attached hydrogens (tertiary/aromatic N) is 2. The van der Waals surface area contributed by atoms with Gasteiger partial charge in [-0.3, -0.25) is 0 Å². The first-order chi connectivity index (χ1) is 9.84. The average molecular weight is 266 g/mol. The highest BCUT2D eigenvalue weighted by atomic mass is 15.2. The normalized spacial score (nSPS) is 22.6. The van der Waals surface area contributed by atoms with Crippen molar-refractivity contribution in [2.75, 3.05) is 20.1 Å². The van der Waals surface area contributed by atoms with Gasteiger partial charge in [0.25, 0.3) is 0 Å². The van der Waals surface area contributed by atoms with Crippen LogP contribution in [0.4, 0.5) is 0 Å². The van der Waals surface area contributed by atoms with E-state index in [0.29, 0.717) is 6.04 Å². The predicted molar refractivity (Wildman–Crippen MR) is 85.1 cm³/mol. The van der Waals surface area contributed by atoms with Crippen molar-refractivity contribution in [3.05, 3.63) is 66.4 Å². The molecule has 0 spiro atoms. The standard InChI is InChI=1S/C18H22N2/c1-19-12-6-5-11-17(19)15-18(20-13-7-8-14-20)16-9-3-2-4-10-16/h2-6,9-12,15,17H,7-8,13-14H2,1H3. The molecule has 0 aliphatic carbocycles. The van der Waals surface area contributed by atoms with Gasteiger partial charge in [-0.15, -0.1) is 0 Å². The fourth-order valence-electron chi connectivity index (χ4n) is 2.88. The molecular weight excluding hydrogens is 244 g/mol. The summed E-state index contributed by atoms with van der Waals surface area (Å²) in [7, 11) is 2.13. The van der Waals surface area contributed by atoms with E-state index in [4.69, 9.17) is 0 Å². The minimum Gasteiger partial charge on any atom is -0.371 e. The van der Waals surface area contributed by atoms with E-state index in [9.17, 15) is 0 Å². The Morgan fingerprint density at radius 2 is 1.85 bits per heavy atom. The first-order valence-corrected chi connectivity index (χ1v) is 7.44. The molecule has 2 aliphatic heterocycles. The maximum Gasteiger partial charge on any atom is 0.0674 e. The quantitative estimate of drug-likeness (QED) is 0.826. The molecule has 1 aromatic carbocycles. The summed E-state index contributed by atoms with van der Waals surface area (Å²) in [5.41, 5.74) is 2.70. The van der Waals surface area contributed by atoms with Crippen LogP contribution in [0.5, 0.6) is 0 Å². The molecule has 1 atom stereocenters. The zero-order chi connectivity index (χ0) is 13.8. The molecule has 0 aromatic heterocycles. The van der Waals surface area contributed by atoms with E-state index in [-0.39, 0.29) is 0 Å². The average Bonchev–Trinajstić information content (AvgIpc) is 3.01. The zero-order valence-corrected chi connectivity index (χ0v) is 12.1. The molecule has 0 N–H and O–H groups in total. The molecule has 0 saturated carbocycles. The Bertz CT molecular complexity index is 522. The van der Waals surface area contributed by atoms with E-state index in [0.717, 1.165) is 0 Å². The van der Waals surface area contributed by atoms with E-state index >= 15 is 0 Å². The van der Waals surface area contributed by atoms with E-state index in [1.165, 1.54) is 37.2 Å². The van der Waals surface area contributed by atoms with Gasteiger partial charge in [0, 0.05) is 25.8 Å². The number of rotatable bonds is 3. The third-order valence-electron chi connectivity index (χ3n) is 4.06. The van der Waals surface area contributed by atoms with Gasteiger partial charge in [-0.2, -0.15) is 0 Å². The van der Waals surface area contributed by atoms with Crippen LogP contribution in [0.2, 0.25) is 0 Å². The first-order valence-electron chi connectivity index (χ1n) is 7.44. The summed E-state index contributed by atoms with van der Waals surface area (Å²) >= 11 is 0. The lowest BCUT2D eigenvalue weighted by molar-refractivity contribution is 0.426. The van der Waals surface area contributed by atoms with Crippen molar-refractivity contribution < 1.29 is 0 Å². The van der Waals surface area contributed by atoms with Gasteiger partial charge in [0.05, 0.1) is 6.04 Å². The minimum absolute atomic E-state index is 0.343. The largest absolute Gasteiger partial charge is 0.371 e. The molecule has 1 saturated heterocycles. The van der Waals surface area contributed by atoms with Crippen LogP contribution in [0, 0.1) is 0 Å². The van der Waals surface area contributed by atoms with Crippen molar-refractivity contribution in [1.82, 2.24) is 9.80 Å². The van der Waals surface area contributed by atoms with Gasteiger partial charge in [-0.25, -0.2) is 0 Å². The number of likely N-dealkylation sites (N-methyl/N-ethyl adjacent to an activating group) is 1. The van der Waals surface area contributed by atoms with Gasteiger partial charge < -0.3 is 9.80 Å². The molecular formula is C18H22N2. The second kappa shape index (κ2) is 6.00. The van der Waals surface area contributed by atoms with Gasteiger partial charge in [0.1, 0.15) is 0 Å². The highest BCUT2D eigenvalue weighted by Gasteiger charge is 2.18. The number of allylic oxidation sites excluding steroid dienone is 2. The molecule has 1 unspecified atom stereocenters. The van der Waals surface area contributed by atoms with Gasteiger partial charge >= 0.3 is 0 Å². The molecule has 0 radical (unpaired) electrons. The number of benzene rings is 1. The van der Waals surface area contributed by atoms with Crippen LogP contribution in [0.3, 0.4) is 0 Å². The lowest BCUT2D eigenvalue weighted by Crippen LogP contribution is -2.27. The molecule has 2 heterocycles. The van der Waals surface area contributed by atoms with Crippen molar-refractivity contribution in [1.29, 1.82) is 0 Å². The molecule has 2 aliphatic rings. The molecule has 2 heteroatoms. The molecule has 0 bridgehead atoms. The summed E-state index contributed by atoms with van der Waals surface area (Å²) in [5.74, 6) is 0. The Morgan fingerprint density at radius 1 is 1.10 bits per heavy atom. The lowest BCUT2D eigenvalue weighted by Gasteiger charge is -2.28. The molecule has 1 fully saturated rings. The summed E-state index contributed by atoms with van der Waals surface area (Å²) in [6.45, 7) is 2.35. The van der Waals surface area contributed by atoms with Gasteiger partial charge in [-0.05, 0) is 36.8 Å². The van der Waals surface area contributed by atoms with E-state index in [1.807, 2.05) is 0 Å². The Morgan fingerprint density at radius 3 is 2.55 bits per heavy atom. The molecule has 2 nitrogen and oxygen atoms in total. The number of hydrogen-bond acceptors (Lipinski definition) is 2. The lowest BCUT2D eigenvalue weighted by atomic mass is 10.1. The molecule has 0 amide bonds. The smallest absolute Gasteiger partial charge is 0.0674 e. The zero-order valence-electron chi connectivity index (χ0n) is 12.1. The monoisotopic (exact) mass is 266 g/mol. The number of likely N-dealkylation sites (tertiary alicyclic amines) is 1. The predicted octanol–water partition coefficient (Wildman–Crippen LogP) is 3.51. The van der Waals surface area contributed by atoms with Crippen molar-refractivity contribution in [2.24, 2.45) is 0 Å². The summed E-state index contributed by atoms with van der Waals surface area (Å²) in [4.78, 5) is 4.77. The van der Waals surface area contributed by atoms with Gasteiger partial charge in [-0.1, -0.05) is 42.5 Å². The Labute approximate surface area is 121 Å². The Kier molecular flexibility index (Phi) is 3.91. The van der Waals surface area contributed by atoms with Gasteiger partial charge in [0.2, 0.25) is 0 Å². The molecule has 1 aromatic rings. The fraction of sp³-hybridized carbons (Fsp3) is 0.333. The van der Waals surface area contributed by atoms with Crippen LogP contribution in [0.1, 0.15) is 18.4 Å². The summed E-state index contributed by atoms with van der Waals surface area (Å²) in [6, 6.07) is 11.1. The third kappa shape index (κ3) is 2.79. The molecule has 20 heavy (non-hydrogen) atoms.